The number of rotatable bonds is 6. The Morgan fingerprint density at radius 3 is 2.32 bits per heavy atom. The van der Waals surface area contributed by atoms with Crippen molar-refractivity contribution in [2.45, 2.75) is 49.6 Å². The van der Waals surface area contributed by atoms with E-state index in [1.165, 1.54) is 18.4 Å². The number of carbonyl (C=O) groups is 2. The molecule has 1 spiro atoms. The second-order valence-electron chi connectivity index (χ2n) is 9.10. The number of hydrogen-bond donors (Lipinski definition) is 1. The van der Waals surface area contributed by atoms with Crippen molar-refractivity contribution in [1.82, 2.24) is 14.7 Å². The molecule has 2 amide bonds. The maximum absolute atomic E-state index is 13.0. The maximum Gasteiger partial charge on any atom is 0.323 e. The van der Waals surface area contributed by atoms with E-state index in [0.717, 1.165) is 32.2 Å². The Morgan fingerprint density at radius 1 is 1.14 bits per heavy atom. The van der Waals surface area contributed by atoms with Crippen molar-refractivity contribution >= 4 is 12.0 Å². The summed E-state index contributed by atoms with van der Waals surface area (Å²) in [5.74, 6) is -0.334. The first kappa shape index (κ1) is 19.2. The second kappa shape index (κ2) is 7.07. The van der Waals surface area contributed by atoms with Gasteiger partial charge in [-0.3, -0.25) is 9.69 Å². The second-order valence-corrected chi connectivity index (χ2v) is 9.10. The summed E-state index contributed by atoms with van der Waals surface area (Å²) in [7, 11) is 4.28. The monoisotopic (exact) mass is 385 g/mol. The van der Waals surface area contributed by atoms with E-state index < -0.39 is 5.97 Å². The number of carbonyl (C=O) groups excluding carboxylic acids is 1. The van der Waals surface area contributed by atoms with E-state index in [1.807, 2.05) is 11.0 Å². The molecule has 152 valence electrons. The fraction of sp³-hybridized carbons (Fsp3) is 0.636. The first-order valence-electron chi connectivity index (χ1n) is 10.4. The Balaban J connectivity index is 1.59. The van der Waals surface area contributed by atoms with Crippen molar-refractivity contribution in [3.8, 4) is 0 Å². The molecule has 4 rings (SSSR count). The van der Waals surface area contributed by atoms with Crippen LogP contribution in [-0.2, 0) is 10.3 Å². The van der Waals surface area contributed by atoms with Crippen LogP contribution >= 0.6 is 0 Å². The lowest BCUT2D eigenvalue weighted by molar-refractivity contribution is -0.137. The number of urea groups is 1. The normalized spacial score (nSPS) is 30.5. The lowest BCUT2D eigenvalue weighted by atomic mass is 9.68. The number of nitrogens with zero attached hydrogens (tertiary/aromatic N) is 3. The van der Waals surface area contributed by atoms with E-state index in [1.54, 1.807) is 4.90 Å². The van der Waals surface area contributed by atoms with Gasteiger partial charge in [0.05, 0.1) is 5.54 Å². The van der Waals surface area contributed by atoms with Gasteiger partial charge in [0.25, 0.3) is 0 Å². The van der Waals surface area contributed by atoms with Crippen molar-refractivity contribution < 1.29 is 14.7 Å². The van der Waals surface area contributed by atoms with E-state index in [0.29, 0.717) is 12.5 Å². The highest BCUT2D eigenvalue weighted by molar-refractivity contribution is 5.83. The Morgan fingerprint density at radius 2 is 1.79 bits per heavy atom. The average Bonchev–Trinajstić information content (AvgIpc) is 3.46. The van der Waals surface area contributed by atoms with Crippen LogP contribution in [0.15, 0.2) is 30.3 Å². The van der Waals surface area contributed by atoms with Gasteiger partial charge >= 0.3 is 12.0 Å². The van der Waals surface area contributed by atoms with Gasteiger partial charge in [-0.05, 0) is 64.1 Å². The predicted molar refractivity (Wildman–Crippen MR) is 107 cm³/mol. The van der Waals surface area contributed by atoms with Crippen molar-refractivity contribution in [1.29, 1.82) is 0 Å². The number of hydrogen-bond acceptors (Lipinski definition) is 3. The van der Waals surface area contributed by atoms with Crippen LogP contribution in [0.5, 0.6) is 0 Å². The Kier molecular flexibility index (Phi) is 4.86. The highest BCUT2D eigenvalue weighted by atomic mass is 16.4. The predicted octanol–water partition coefficient (Wildman–Crippen LogP) is 2.99. The third kappa shape index (κ3) is 3.28. The van der Waals surface area contributed by atoms with E-state index in [2.05, 4.69) is 43.3 Å². The van der Waals surface area contributed by atoms with E-state index in [-0.39, 0.29) is 23.7 Å². The van der Waals surface area contributed by atoms with Crippen molar-refractivity contribution in [2.24, 2.45) is 5.92 Å². The van der Waals surface area contributed by atoms with Crippen LogP contribution in [0.25, 0.3) is 0 Å². The average molecular weight is 386 g/mol. The number of benzene rings is 1. The summed E-state index contributed by atoms with van der Waals surface area (Å²) < 4.78 is 0. The van der Waals surface area contributed by atoms with E-state index in [9.17, 15) is 14.7 Å². The number of aliphatic carboxylic acids is 1. The van der Waals surface area contributed by atoms with Gasteiger partial charge in [0.2, 0.25) is 0 Å². The summed E-state index contributed by atoms with van der Waals surface area (Å²) in [4.78, 5) is 30.2. The smallest absolute Gasteiger partial charge is 0.323 e. The molecular formula is C22H31N3O3. The standard InChI is InChI=1S/C22H31N3O3/c1-23(2)22(18-6-4-3-5-7-18)12-10-21(11-13-22)16-24(15-19(26)27)20(28)25(21)14-17-8-9-17/h3-7,17H,8-16H2,1-2H3,(H,26,27)/t21-,22-. The molecule has 3 aliphatic rings. The first-order valence-corrected chi connectivity index (χ1v) is 10.4. The maximum atomic E-state index is 13.0. The highest BCUT2D eigenvalue weighted by Crippen LogP contribution is 2.49. The fourth-order valence-electron chi connectivity index (χ4n) is 5.30. The van der Waals surface area contributed by atoms with Crippen LogP contribution in [0.4, 0.5) is 4.79 Å². The first-order chi connectivity index (χ1) is 13.4. The topological polar surface area (TPSA) is 64.1 Å². The third-order valence-corrected chi connectivity index (χ3v) is 7.20. The number of carboxylic acids is 1. The molecule has 0 radical (unpaired) electrons. The summed E-state index contributed by atoms with van der Waals surface area (Å²) in [5.41, 5.74) is 1.08. The van der Waals surface area contributed by atoms with Gasteiger partial charge in [0, 0.05) is 18.6 Å². The molecule has 1 aromatic carbocycles. The minimum absolute atomic E-state index is 0.0268. The zero-order chi connectivity index (χ0) is 19.9. The van der Waals surface area contributed by atoms with Gasteiger partial charge in [0.1, 0.15) is 6.54 Å². The summed E-state index contributed by atoms with van der Waals surface area (Å²) in [5, 5.41) is 9.24. The largest absolute Gasteiger partial charge is 0.480 e. The molecule has 0 bridgehead atoms. The quantitative estimate of drug-likeness (QED) is 0.818. The number of amides is 2. The molecule has 0 unspecified atom stereocenters. The van der Waals surface area contributed by atoms with Gasteiger partial charge in [-0.2, -0.15) is 0 Å². The molecule has 1 N–H and O–H groups in total. The van der Waals surface area contributed by atoms with Gasteiger partial charge in [-0.15, -0.1) is 0 Å². The lowest BCUT2D eigenvalue weighted by Crippen LogP contribution is -2.55. The van der Waals surface area contributed by atoms with Crippen LogP contribution in [0.1, 0.15) is 44.1 Å². The summed E-state index contributed by atoms with van der Waals surface area (Å²) >= 11 is 0. The molecule has 28 heavy (non-hydrogen) atoms. The van der Waals surface area contributed by atoms with Crippen molar-refractivity contribution in [3.63, 3.8) is 0 Å². The Bertz CT molecular complexity index is 737. The Hall–Kier alpha value is -2.08. The Labute approximate surface area is 167 Å². The summed E-state index contributed by atoms with van der Waals surface area (Å²) in [6.07, 6.45) is 6.14. The van der Waals surface area contributed by atoms with Gasteiger partial charge in [-0.25, -0.2) is 4.79 Å². The lowest BCUT2D eigenvalue weighted by Gasteiger charge is -2.51. The molecule has 0 atom stereocenters. The van der Waals surface area contributed by atoms with Crippen LogP contribution in [0.2, 0.25) is 0 Å². The zero-order valence-corrected chi connectivity index (χ0v) is 16.9. The molecular weight excluding hydrogens is 354 g/mol. The van der Waals surface area contributed by atoms with Crippen LogP contribution in [0.3, 0.4) is 0 Å². The zero-order valence-electron chi connectivity index (χ0n) is 16.9. The minimum Gasteiger partial charge on any atom is -0.480 e. The molecule has 1 heterocycles. The molecule has 1 aromatic rings. The fourth-order valence-corrected chi connectivity index (χ4v) is 5.30. The van der Waals surface area contributed by atoms with Crippen LogP contribution in [0, 0.1) is 5.92 Å². The summed E-state index contributed by atoms with van der Waals surface area (Å²) in [6, 6.07) is 10.6. The molecule has 3 fully saturated rings. The van der Waals surface area contributed by atoms with Gasteiger partial charge < -0.3 is 14.9 Å². The van der Waals surface area contributed by atoms with Gasteiger partial charge in [0.15, 0.2) is 0 Å². The minimum atomic E-state index is -0.931. The SMILES string of the molecule is CN(C)[C@]1(c2ccccc2)CC[C@@]2(CC1)CN(CC(=O)O)C(=O)N2CC1CC1. The van der Waals surface area contributed by atoms with Crippen molar-refractivity contribution in [2.75, 3.05) is 33.7 Å². The summed E-state index contributed by atoms with van der Waals surface area (Å²) in [6.45, 7) is 1.14. The molecule has 0 aromatic heterocycles. The molecule has 6 nitrogen and oxygen atoms in total. The van der Waals surface area contributed by atoms with Crippen molar-refractivity contribution in [3.05, 3.63) is 35.9 Å². The molecule has 6 heteroatoms. The van der Waals surface area contributed by atoms with Crippen LogP contribution in [-0.4, -0.2) is 71.1 Å². The van der Waals surface area contributed by atoms with Crippen LogP contribution < -0.4 is 0 Å². The highest BCUT2D eigenvalue weighted by Gasteiger charge is 2.55. The van der Waals surface area contributed by atoms with E-state index >= 15 is 0 Å². The number of carboxylic acid groups (broad SMARTS) is 1. The molecule has 2 aliphatic carbocycles. The van der Waals surface area contributed by atoms with Gasteiger partial charge in [-0.1, -0.05) is 30.3 Å². The third-order valence-electron chi connectivity index (χ3n) is 7.20. The molecule has 1 saturated heterocycles. The molecule has 1 aliphatic heterocycles. The molecule has 2 saturated carbocycles. The van der Waals surface area contributed by atoms with E-state index in [4.69, 9.17) is 0 Å².